The van der Waals surface area contributed by atoms with E-state index in [0.29, 0.717) is 19.6 Å². The van der Waals surface area contributed by atoms with Crippen LogP contribution in [-0.2, 0) is 9.53 Å². The third-order valence-electron chi connectivity index (χ3n) is 3.55. The average molecular weight is 279 g/mol. The Labute approximate surface area is 121 Å². The van der Waals surface area contributed by atoms with Gasteiger partial charge < -0.3 is 14.8 Å². The molecule has 0 heterocycles. The monoisotopic (exact) mass is 279 g/mol. The van der Waals surface area contributed by atoms with Gasteiger partial charge in [0, 0.05) is 6.42 Å². The Morgan fingerprint density at radius 2 is 2.00 bits per heavy atom. The van der Waals surface area contributed by atoms with Crippen molar-refractivity contribution >= 4 is 5.97 Å². The van der Waals surface area contributed by atoms with E-state index in [1.165, 1.54) is 18.2 Å². The van der Waals surface area contributed by atoms with Crippen molar-refractivity contribution in [3.63, 3.8) is 0 Å². The maximum Gasteiger partial charge on any atom is 0.325 e. The molecule has 0 aliphatic heterocycles. The number of hydrogen-bond acceptors (Lipinski definition) is 4. The second kappa shape index (κ2) is 7.29. The number of ether oxygens (including phenoxy) is 2. The molecule has 1 aromatic carbocycles. The van der Waals surface area contributed by atoms with Gasteiger partial charge in [-0.3, -0.25) is 4.79 Å². The van der Waals surface area contributed by atoms with Crippen LogP contribution >= 0.6 is 0 Å². The van der Waals surface area contributed by atoms with Gasteiger partial charge in [-0.2, -0.15) is 0 Å². The lowest BCUT2D eigenvalue weighted by atomic mass is 9.98. The summed E-state index contributed by atoms with van der Waals surface area (Å²) in [4.78, 5) is 11.8. The third kappa shape index (κ3) is 4.23. The fourth-order valence-corrected chi connectivity index (χ4v) is 2.05. The number of esters is 1. The van der Waals surface area contributed by atoms with E-state index in [0.717, 1.165) is 5.75 Å². The Morgan fingerprint density at radius 1 is 1.30 bits per heavy atom. The van der Waals surface area contributed by atoms with Crippen LogP contribution in [0.1, 0.15) is 31.4 Å². The third-order valence-corrected chi connectivity index (χ3v) is 3.55. The van der Waals surface area contributed by atoms with Crippen molar-refractivity contribution in [2.24, 2.45) is 0 Å². The van der Waals surface area contributed by atoms with E-state index in [2.05, 4.69) is 19.2 Å². The minimum atomic E-state index is -0.705. The van der Waals surface area contributed by atoms with Crippen LogP contribution in [0.15, 0.2) is 18.2 Å². The molecule has 0 aliphatic carbocycles. The summed E-state index contributed by atoms with van der Waals surface area (Å²) < 4.78 is 10.6. The first kappa shape index (κ1) is 16.5. The average Bonchev–Trinajstić information content (AvgIpc) is 2.42. The van der Waals surface area contributed by atoms with Crippen LogP contribution in [0.5, 0.6) is 5.75 Å². The molecule has 0 spiro atoms. The van der Waals surface area contributed by atoms with Crippen LogP contribution in [0.25, 0.3) is 0 Å². The van der Waals surface area contributed by atoms with Crippen molar-refractivity contribution in [1.82, 2.24) is 5.32 Å². The molecule has 1 atom stereocenters. The highest BCUT2D eigenvalue weighted by Gasteiger charge is 2.33. The fraction of sp³-hybridized carbons (Fsp3) is 0.562. The predicted molar refractivity (Wildman–Crippen MR) is 80.1 cm³/mol. The first-order chi connectivity index (χ1) is 9.42. The molecule has 0 fully saturated rings. The van der Waals surface area contributed by atoms with Gasteiger partial charge in [0.05, 0.1) is 13.7 Å². The van der Waals surface area contributed by atoms with Crippen LogP contribution in [0.4, 0.5) is 0 Å². The zero-order valence-corrected chi connectivity index (χ0v) is 13.1. The topological polar surface area (TPSA) is 47.6 Å². The molecule has 0 saturated carbocycles. The van der Waals surface area contributed by atoms with E-state index in [1.807, 2.05) is 32.0 Å². The molecule has 1 aromatic rings. The van der Waals surface area contributed by atoms with Crippen molar-refractivity contribution < 1.29 is 14.3 Å². The van der Waals surface area contributed by atoms with Crippen molar-refractivity contribution in [3.05, 3.63) is 29.3 Å². The number of aryl methyl sites for hydroxylation is 2. The molecule has 0 bridgehead atoms. The number of hydrogen-bond donors (Lipinski definition) is 1. The molecule has 0 radical (unpaired) electrons. The van der Waals surface area contributed by atoms with Gasteiger partial charge in [0.25, 0.3) is 0 Å². The highest BCUT2D eigenvalue weighted by molar-refractivity contribution is 5.80. The molecule has 112 valence electrons. The lowest BCUT2D eigenvalue weighted by molar-refractivity contribution is -0.148. The summed E-state index contributed by atoms with van der Waals surface area (Å²) in [7, 11) is 1.40. The maximum absolute atomic E-state index is 11.8. The first-order valence-electron chi connectivity index (χ1n) is 6.96. The summed E-state index contributed by atoms with van der Waals surface area (Å²) >= 11 is 0. The summed E-state index contributed by atoms with van der Waals surface area (Å²) in [6.45, 7) is 9.09. The van der Waals surface area contributed by atoms with Crippen LogP contribution in [-0.4, -0.2) is 31.8 Å². The van der Waals surface area contributed by atoms with E-state index in [-0.39, 0.29) is 5.97 Å². The number of carbonyl (C=O) groups is 1. The summed E-state index contributed by atoms with van der Waals surface area (Å²) in [6, 6.07) is 6.00. The molecule has 4 nitrogen and oxygen atoms in total. The largest absolute Gasteiger partial charge is 0.493 e. The Kier molecular flexibility index (Phi) is 6.02. The van der Waals surface area contributed by atoms with Crippen molar-refractivity contribution in [1.29, 1.82) is 0 Å². The number of benzene rings is 1. The molecular weight excluding hydrogens is 254 g/mol. The van der Waals surface area contributed by atoms with Crippen molar-refractivity contribution in [2.75, 3.05) is 20.3 Å². The van der Waals surface area contributed by atoms with Gasteiger partial charge in [-0.05, 0) is 50.6 Å². The minimum absolute atomic E-state index is 0.261. The Hall–Kier alpha value is -1.55. The zero-order valence-electron chi connectivity index (χ0n) is 13.1. The normalized spacial score (nSPS) is 13.7. The highest BCUT2D eigenvalue weighted by atomic mass is 16.5. The zero-order chi connectivity index (χ0) is 15.2. The number of rotatable bonds is 7. The number of likely N-dealkylation sites (N-methyl/N-ethyl adjacent to an activating group) is 1. The SMILES string of the molecule is CCNC(C)(CCOc1ccc(C)c(C)c1)C(=O)OC. The van der Waals surface area contributed by atoms with E-state index >= 15 is 0 Å². The lowest BCUT2D eigenvalue weighted by Crippen LogP contribution is -2.51. The number of carbonyl (C=O) groups excluding carboxylic acids is 1. The molecule has 0 saturated heterocycles. The van der Waals surface area contributed by atoms with Crippen LogP contribution < -0.4 is 10.1 Å². The maximum atomic E-state index is 11.8. The number of nitrogens with one attached hydrogen (secondary N) is 1. The predicted octanol–water partition coefficient (Wildman–Crippen LogP) is 2.61. The van der Waals surface area contributed by atoms with Crippen molar-refractivity contribution in [2.45, 2.75) is 39.7 Å². The summed E-state index contributed by atoms with van der Waals surface area (Å²) in [5.74, 6) is 0.569. The Balaban J connectivity index is 2.60. The second-order valence-electron chi connectivity index (χ2n) is 5.20. The second-order valence-corrected chi connectivity index (χ2v) is 5.20. The highest BCUT2D eigenvalue weighted by Crippen LogP contribution is 2.18. The van der Waals surface area contributed by atoms with Crippen LogP contribution in [0.2, 0.25) is 0 Å². The minimum Gasteiger partial charge on any atom is -0.493 e. The van der Waals surface area contributed by atoms with E-state index in [4.69, 9.17) is 9.47 Å². The number of methoxy groups -OCH3 is 1. The van der Waals surface area contributed by atoms with Crippen LogP contribution in [0.3, 0.4) is 0 Å². The molecule has 0 aromatic heterocycles. The molecule has 20 heavy (non-hydrogen) atoms. The first-order valence-corrected chi connectivity index (χ1v) is 6.96. The molecule has 0 aliphatic rings. The molecule has 4 heteroatoms. The lowest BCUT2D eigenvalue weighted by Gasteiger charge is -2.27. The molecule has 1 rings (SSSR count). The van der Waals surface area contributed by atoms with E-state index < -0.39 is 5.54 Å². The summed E-state index contributed by atoms with van der Waals surface area (Å²) in [6.07, 6.45) is 0.556. The quantitative estimate of drug-likeness (QED) is 0.779. The van der Waals surface area contributed by atoms with Crippen molar-refractivity contribution in [3.8, 4) is 5.75 Å². The van der Waals surface area contributed by atoms with Gasteiger partial charge >= 0.3 is 5.97 Å². The van der Waals surface area contributed by atoms with E-state index in [9.17, 15) is 4.79 Å². The van der Waals surface area contributed by atoms with Gasteiger partial charge in [-0.15, -0.1) is 0 Å². The van der Waals surface area contributed by atoms with Gasteiger partial charge in [0.2, 0.25) is 0 Å². The molecule has 0 amide bonds. The van der Waals surface area contributed by atoms with Gasteiger partial charge in [0.1, 0.15) is 11.3 Å². The Morgan fingerprint density at radius 3 is 2.55 bits per heavy atom. The van der Waals surface area contributed by atoms with Gasteiger partial charge in [-0.1, -0.05) is 13.0 Å². The van der Waals surface area contributed by atoms with Crippen LogP contribution in [0, 0.1) is 13.8 Å². The standard InChI is InChI=1S/C16H25NO3/c1-6-17-16(4,15(18)19-5)9-10-20-14-8-7-12(2)13(3)11-14/h7-8,11,17H,6,9-10H2,1-5H3. The smallest absolute Gasteiger partial charge is 0.325 e. The molecule has 1 N–H and O–H groups in total. The summed E-state index contributed by atoms with van der Waals surface area (Å²) in [5, 5.41) is 3.16. The molecular formula is C16H25NO3. The fourth-order valence-electron chi connectivity index (χ4n) is 2.05. The summed E-state index contributed by atoms with van der Waals surface area (Å²) in [5.41, 5.74) is 1.73. The molecule has 1 unspecified atom stereocenters. The van der Waals surface area contributed by atoms with Gasteiger partial charge in [-0.25, -0.2) is 0 Å². The Bertz CT molecular complexity index is 459. The van der Waals surface area contributed by atoms with E-state index in [1.54, 1.807) is 0 Å². The van der Waals surface area contributed by atoms with Gasteiger partial charge in [0.15, 0.2) is 0 Å².